The third-order valence-corrected chi connectivity index (χ3v) is 4.27. The van der Waals surface area contributed by atoms with Crippen molar-refractivity contribution in [2.24, 2.45) is 5.92 Å². The second kappa shape index (κ2) is 9.32. The van der Waals surface area contributed by atoms with E-state index in [1.165, 1.54) is 6.42 Å². The minimum Gasteiger partial charge on any atom is -0.379 e. The summed E-state index contributed by atoms with van der Waals surface area (Å²) in [4.78, 5) is 14.1. The van der Waals surface area contributed by atoms with Crippen LogP contribution in [0.1, 0.15) is 32.1 Å². The van der Waals surface area contributed by atoms with Crippen molar-refractivity contribution in [2.45, 2.75) is 32.1 Å². The van der Waals surface area contributed by atoms with Crippen LogP contribution < -0.4 is 10.6 Å². The quantitative estimate of drug-likeness (QED) is 0.641. The zero-order chi connectivity index (χ0) is 14.0. The molecule has 0 aromatic carbocycles. The van der Waals surface area contributed by atoms with Gasteiger partial charge in [-0.3, -0.25) is 9.69 Å². The fourth-order valence-corrected chi connectivity index (χ4v) is 2.90. The van der Waals surface area contributed by atoms with E-state index in [1.807, 2.05) is 0 Å². The van der Waals surface area contributed by atoms with Gasteiger partial charge in [-0.25, -0.2) is 0 Å². The molecule has 2 saturated heterocycles. The summed E-state index contributed by atoms with van der Waals surface area (Å²) in [5.41, 5.74) is 0. The Morgan fingerprint density at radius 1 is 1.30 bits per heavy atom. The van der Waals surface area contributed by atoms with Crippen LogP contribution in [0.4, 0.5) is 0 Å². The lowest BCUT2D eigenvalue weighted by Crippen LogP contribution is -2.37. The van der Waals surface area contributed by atoms with Crippen molar-refractivity contribution in [3.05, 3.63) is 0 Å². The zero-order valence-electron chi connectivity index (χ0n) is 12.5. The highest BCUT2D eigenvalue weighted by atomic mass is 16.5. The predicted octanol–water partition coefficient (Wildman–Crippen LogP) is 0.605. The average molecular weight is 283 g/mol. The minimum atomic E-state index is 0.225. The molecule has 116 valence electrons. The molecule has 1 unspecified atom stereocenters. The molecule has 2 N–H and O–H groups in total. The maximum absolute atomic E-state index is 11.7. The summed E-state index contributed by atoms with van der Waals surface area (Å²) in [5.74, 6) is 0.936. The molecule has 5 nitrogen and oxygen atoms in total. The van der Waals surface area contributed by atoms with Gasteiger partial charge in [0.15, 0.2) is 0 Å². The van der Waals surface area contributed by atoms with Crippen LogP contribution in [-0.2, 0) is 9.53 Å². The predicted molar refractivity (Wildman–Crippen MR) is 79.7 cm³/mol. The third kappa shape index (κ3) is 6.20. The number of carbonyl (C=O) groups excluding carboxylic acids is 1. The first kappa shape index (κ1) is 15.7. The lowest BCUT2D eigenvalue weighted by Gasteiger charge is -2.26. The maximum Gasteiger partial charge on any atom is 0.220 e. The first-order valence-electron chi connectivity index (χ1n) is 8.12. The molecule has 2 aliphatic heterocycles. The molecule has 20 heavy (non-hydrogen) atoms. The summed E-state index contributed by atoms with van der Waals surface area (Å²) in [6.45, 7) is 8.02. The van der Waals surface area contributed by atoms with Crippen molar-refractivity contribution in [3.63, 3.8) is 0 Å². The van der Waals surface area contributed by atoms with Gasteiger partial charge in [-0.2, -0.15) is 0 Å². The molecule has 1 atom stereocenters. The van der Waals surface area contributed by atoms with Gasteiger partial charge in [0.05, 0.1) is 13.2 Å². The Labute approximate surface area is 122 Å². The number of rotatable bonds is 8. The monoisotopic (exact) mass is 283 g/mol. The van der Waals surface area contributed by atoms with Gasteiger partial charge in [-0.1, -0.05) is 0 Å². The molecule has 0 aromatic rings. The van der Waals surface area contributed by atoms with Gasteiger partial charge < -0.3 is 15.4 Å². The number of hydrogen-bond acceptors (Lipinski definition) is 4. The second-order valence-electron chi connectivity index (χ2n) is 5.91. The van der Waals surface area contributed by atoms with Gasteiger partial charge in [-0.15, -0.1) is 0 Å². The molecular weight excluding hydrogens is 254 g/mol. The van der Waals surface area contributed by atoms with E-state index < -0.39 is 0 Å². The van der Waals surface area contributed by atoms with Crippen LogP contribution in [0.15, 0.2) is 0 Å². The van der Waals surface area contributed by atoms with Crippen LogP contribution >= 0.6 is 0 Å². The van der Waals surface area contributed by atoms with Gasteiger partial charge in [0.2, 0.25) is 5.91 Å². The smallest absolute Gasteiger partial charge is 0.220 e. The molecular formula is C15H29N3O2. The molecule has 0 saturated carbocycles. The summed E-state index contributed by atoms with van der Waals surface area (Å²) < 4.78 is 5.32. The van der Waals surface area contributed by atoms with Gasteiger partial charge in [0, 0.05) is 26.1 Å². The normalized spacial score (nSPS) is 23.9. The van der Waals surface area contributed by atoms with Gasteiger partial charge >= 0.3 is 0 Å². The highest BCUT2D eigenvalue weighted by Gasteiger charge is 2.15. The summed E-state index contributed by atoms with van der Waals surface area (Å²) in [5, 5.41) is 6.38. The topological polar surface area (TPSA) is 53.6 Å². The largest absolute Gasteiger partial charge is 0.379 e. The summed E-state index contributed by atoms with van der Waals surface area (Å²) in [6.07, 6.45) is 5.19. The van der Waals surface area contributed by atoms with Gasteiger partial charge in [0.25, 0.3) is 0 Å². The number of nitrogens with zero attached hydrogens (tertiary/aromatic N) is 1. The number of ether oxygens (including phenoxy) is 1. The molecule has 0 aliphatic carbocycles. The minimum absolute atomic E-state index is 0.225. The fourth-order valence-electron chi connectivity index (χ4n) is 2.90. The molecule has 5 heteroatoms. The molecule has 2 heterocycles. The zero-order valence-corrected chi connectivity index (χ0v) is 12.5. The Kier molecular flexibility index (Phi) is 7.33. The molecule has 2 aliphatic rings. The summed E-state index contributed by atoms with van der Waals surface area (Å²) >= 11 is 0. The number of hydrogen-bond donors (Lipinski definition) is 2. The van der Waals surface area contributed by atoms with Crippen molar-refractivity contribution in [1.82, 2.24) is 15.5 Å². The highest BCUT2D eigenvalue weighted by Crippen LogP contribution is 2.13. The summed E-state index contributed by atoms with van der Waals surface area (Å²) in [6, 6.07) is 0. The third-order valence-electron chi connectivity index (χ3n) is 4.27. The van der Waals surface area contributed by atoms with Crippen LogP contribution in [0, 0.1) is 5.92 Å². The van der Waals surface area contributed by atoms with Crippen molar-refractivity contribution >= 4 is 5.91 Å². The highest BCUT2D eigenvalue weighted by molar-refractivity contribution is 5.75. The van der Waals surface area contributed by atoms with E-state index in [9.17, 15) is 4.79 Å². The molecule has 1 amide bonds. The lowest BCUT2D eigenvalue weighted by atomic mass is 10.0. The van der Waals surface area contributed by atoms with E-state index in [-0.39, 0.29) is 5.91 Å². The second-order valence-corrected chi connectivity index (χ2v) is 5.91. The van der Waals surface area contributed by atoms with Crippen LogP contribution in [0.2, 0.25) is 0 Å². The van der Waals surface area contributed by atoms with E-state index in [2.05, 4.69) is 15.5 Å². The Morgan fingerprint density at radius 3 is 2.90 bits per heavy atom. The van der Waals surface area contributed by atoms with Crippen LogP contribution in [0.3, 0.4) is 0 Å². The molecule has 0 bridgehead atoms. The van der Waals surface area contributed by atoms with Gasteiger partial charge in [0.1, 0.15) is 0 Å². The molecule has 0 radical (unpaired) electrons. The first-order chi connectivity index (χ1) is 9.84. The molecule has 2 rings (SSSR count). The van der Waals surface area contributed by atoms with Crippen molar-refractivity contribution in [3.8, 4) is 0 Å². The van der Waals surface area contributed by atoms with E-state index >= 15 is 0 Å². The number of morpholine rings is 1. The van der Waals surface area contributed by atoms with E-state index in [0.29, 0.717) is 12.3 Å². The summed E-state index contributed by atoms with van der Waals surface area (Å²) in [7, 11) is 0. The Morgan fingerprint density at radius 2 is 2.15 bits per heavy atom. The lowest BCUT2D eigenvalue weighted by molar-refractivity contribution is -0.121. The van der Waals surface area contributed by atoms with E-state index in [1.54, 1.807) is 0 Å². The van der Waals surface area contributed by atoms with Crippen molar-refractivity contribution in [1.29, 1.82) is 0 Å². The Hall–Kier alpha value is -0.650. The standard InChI is InChI=1S/C15H29N3O2/c19-15(4-3-14-5-7-16-13-14)17-6-1-2-8-18-9-11-20-12-10-18/h14,16H,1-13H2,(H,17,19). The first-order valence-corrected chi connectivity index (χ1v) is 8.12. The SMILES string of the molecule is O=C(CCC1CCNC1)NCCCCN1CCOCC1. The average Bonchev–Trinajstić information content (AvgIpc) is 2.99. The van der Waals surface area contributed by atoms with E-state index in [0.717, 1.165) is 71.7 Å². The van der Waals surface area contributed by atoms with Crippen molar-refractivity contribution in [2.75, 3.05) is 52.5 Å². The molecule has 2 fully saturated rings. The number of amides is 1. The van der Waals surface area contributed by atoms with Crippen LogP contribution in [0.25, 0.3) is 0 Å². The number of carbonyl (C=O) groups is 1. The maximum atomic E-state index is 11.7. The van der Waals surface area contributed by atoms with Crippen LogP contribution in [-0.4, -0.2) is 63.3 Å². The molecule has 0 spiro atoms. The van der Waals surface area contributed by atoms with Crippen molar-refractivity contribution < 1.29 is 9.53 Å². The van der Waals surface area contributed by atoms with Crippen LogP contribution in [0.5, 0.6) is 0 Å². The Bertz CT molecular complexity index is 274. The molecule has 0 aromatic heterocycles. The van der Waals surface area contributed by atoms with E-state index in [4.69, 9.17) is 4.74 Å². The number of unbranched alkanes of at least 4 members (excludes halogenated alkanes) is 1. The number of nitrogens with one attached hydrogen (secondary N) is 2. The van der Waals surface area contributed by atoms with Gasteiger partial charge in [-0.05, 0) is 51.2 Å². The fraction of sp³-hybridized carbons (Fsp3) is 0.933. The Balaban J connectivity index is 1.40.